The van der Waals surface area contributed by atoms with E-state index in [1.807, 2.05) is 0 Å². The molecule has 0 bridgehead atoms. The minimum absolute atomic E-state index is 0.0528. The number of nitrogens with zero attached hydrogens (tertiary/aromatic N) is 2. The van der Waals surface area contributed by atoms with Crippen LogP contribution in [0, 0.1) is 0 Å². The summed E-state index contributed by atoms with van der Waals surface area (Å²) in [7, 11) is 1.60. The van der Waals surface area contributed by atoms with E-state index in [0.717, 1.165) is 0 Å². The highest BCUT2D eigenvalue weighted by Gasteiger charge is 2.14. The molecule has 0 saturated carbocycles. The molecule has 1 amide bonds. The predicted octanol–water partition coefficient (Wildman–Crippen LogP) is -0.149. The number of carbonyl (C=O) groups is 1. The summed E-state index contributed by atoms with van der Waals surface area (Å²) in [6.45, 7) is 1.11. The Bertz CT molecular complexity index is 156. The van der Waals surface area contributed by atoms with Gasteiger partial charge in [-0.15, -0.1) is 0 Å². The molecule has 1 aliphatic rings. The van der Waals surface area contributed by atoms with Gasteiger partial charge in [0.1, 0.15) is 0 Å². The second-order valence-corrected chi connectivity index (χ2v) is 2.01. The number of hydrazone groups is 1. The number of ether oxygens (including phenoxy) is 1. The monoisotopic (exact) mass is 142 g/mol. The van der Waals surface area contributed by atoms with Crippen molar-refractivity contribution in [1.82, 2.24) is 5.01 Å². The van der Waals surface area contributed by atoms with Crippen LogP contribution in [0.4, 0.5) is 0 Å². The summed E-state index contributed by atoms with van der Waals surface area (Å²) in [6, 6.07) is 0. The molecule has 0 saturated heterocycles. The second-order valence-electron chi connectivity index (χ2n) is 2.01. The van der Waals surface area contributed by atoms with Gasteiger partial charge in [-0.25, -0.2) is 5.01 Å². The fourth-order valence-electron chi connectivity index (χ4n) is 0.747. The largest absolute Gasteiger partial charge is 0.383 e. The SMILES string of the molecule is COCCN1N=CCC1=O. The van der Waals surface area contributed by atoms with Crippen molar-refractivity contribution in [1.29, 1.82) is 0 Å². The zero-order valence-electron chi connectivity index (χ0n) is 5.91. The van der Waals surface area contributed by atoms with E-state index in [-0.39, 0.29) is 5.91 Å². The Kier molecular flexibility index (Phi) is 2.39. The maximum Gasteiger partial charge on any atom is 0.248 e. The van der Waals surface area contributed by atoms with E-state index < -0.39 is 0 Å². The van der Waals surface area contributed by atoms with Crippen molar-refractivity contribution in [2.45, 2.75) is 6.42 Å². The molecule has 56 valence electrons. The Hall–Kier alpha value is -0.900. The maximum atomic E-state index is 10.8. The first kappa shape index (κ1) is 7.21. The molecule has 4 nitrogen and oxygen atoms in total. The van der Waals surface area contributed by atoms with Crippen LogP contribution in [0.3, 0.4) is 0 Å². The van der Waals surface area contributed by atoms with Crippen LogP contribution in [-0.4, -0.2) is 37.4 Å². The van der Waals surface area contributed by atoms with E-state index in [1.54, 1.807) is 13.3 Å². The van der Waals surface area contributed by atoms with E-state index >= 15 is 0 Å². The molecule has 0 unspecified atom stereocenters. The van der Waals surface area contributed by atoms with E-state index in [2.05, 4.69) is 5.10 Å². The first-order chi connectivity index (χ1) is 4.84. The third-order valence-electron chi connectivity index (χ3n) is 1.28. The van der Waals surface area contributed by atoms with E-state index in [4.69, 9.17) is 4.74 Å². The van der Waals surface area contributed by atoms with Crippen LogP contribution in [0.5, 0.6) is 0 Å². The highest BCUT2D eigenvalue weighted by Crippen LogP contribution is 2.00. The van der Waals surface area contributed by atoms with E-state index in [9.17, 15) is 4.79 Å². The summed E-state index contributed by atoms with van der Waals surface area (Å²) in [5.74, 6) is 0.0528. The van der Waals surface area contributed by atoms with Crippen LogP contribution < -0.4 is 0 Å². The molecule has 0 atom stereocenters. The summed E-state index contributed by atoms with van der Waals surface area (Å²) in [5, 5.41) is 5.25. The van der Waals surface area contributed by atoms with Gasteiger partial charge in [-0.1, -0.05) is 0 Å². The van der Waals surface area contributed by atoms with Crippen molar-refractivity contribution in [2.24, 2.45) is 5.10 Å². The van der Waals surface area contributed by atoms with Crippen molar-refractivity contribution in [3.63, 3.8) is 0 Å². The van der Waals surface area contributed by atoms with Gasteiger partial charge in [0.25, 0.3) is 0 Å². The van der Waals surface area contributed by atoms with Gasteiger partial charge < -0.3 is 4.74 Å². The fourth-order valence-corrected chi connectivity index (χ4v) is 0.747. The zero-order valence-corrected chi connectivity index (χ0v) is 5.91. The van der Waals surface area contributed by atoms with E-state index in [0.29, 0.717) is 19.6 Å². The molecule has 1 rings (SSSR count). The van der Waals surface area contributed by atoms with Gasteiger partial charge in [-0.05, 0) is 0 Å². The highest BCUT2D eigenvalue weighted by atomic mass is 16.5. The van der Waals surface area contributed by atoms with Crippen LogP contribution in [0.15, 0.2) is 5.10 Å². The minimum atomic E-state index is 0.0528. The lowest BCUT2D eigenvalue weighted by molar-refractivity contribution is -0.129. The van der Waals surface area contributed by atoms with Crippen molar-refractivity contribution in [2.75, 3.05) is 20.3 Å². The summed E-state index contributed by atoms with van der Waals surface area (Å²) in [4.78, 5) is 10.8. The summed E-state index contributed by atoms with van der Waals surface area (Å²) in [5.41, 5.74) is 0. The normalized spacial score (nSPS) is 16.9. The van der Waals surface area contributed by atoms with Gasteiger partial charge in [-0.3, -0.25) is 4.79 Å². The molecule has 0 radical (unpaired) electrons. The lowest BCUT2D eigenvalue weighted by atomic mass is 10.4. The number of methoxy groups -OCH3 is 1. The van der Waals surface area contributed by atoms with Gasteiger partial charge in [0.15, 0.2) is 0 Å². The van der Waals surface area contributed by atoms with Crippen molar-refractivity contribution < 1.29 is 9.53 Å². The first-order valence-corrected chi connectivity index (χ1v) is 3.16. The average molecular weight is 142 g/mol. The molecule has 0 spiro atoms. The van der Waals surface area contributed by atoms with Crippen molar-refractivity contribution >= 4 is 12.1 Å². The zero-order chi connectivity index (χ0) is 7.40. The molecule has 0 fully saturated rings. The van der Waals surface area contributed by atoms with Crippen molar-refractivity contribution in [3.05, 3.63) is 0 Å². The molecule has 1 aliphatic heterocycles. The van der Waals surface area contributed by atoms with E-state index in [1.165, 1.54) is 5.01 Å². The smallest absolute Gasteiger partial charge is 0.248 e. The number of carbonyl (C=O) groups excluding carboxylic acids is 1. The van der Waals surface area contributed by atoms with Gasteiger partial charge in [0.2, 0.25) is 5.91 Å². The quantitative estimate of drug-likeness (QED) is 0.550. The molecule has 1 heterocycles. The highest BCUT2D eigenvalue weighted by molar-refractivity contribution is 5.93. The molecule has 10 heavy (non-hydrogen) atoms. The standard InChI is InChI=1S/C6H10N2O2/c1-10-5-4-8-6(9)2-3-7-8/h3H,2,4-5H2,1H3. The summed E-state index contributed by atoms with van der Waals surface area (Å²) >= 11 is 0. The second kappa shape index (κ2) is 3.31. The predicted molar refractivity (Wildman–Crippen MR) is 36.7 cm³/mol. The molecule has 0 aliphatic carbocycles. The van der Waals surface area contributed by atoms with Crippen LogP contribution in [0.1, 0.15) is 6.42 Å². The van der Waals surface area contributed by atoms with Gasteiger partial charge in [0, 0.05) is 13.3 Å². The van der Waals surface area contributed by atoms with Crippen LogP contribution >= 0.6 is 0 Å². The number of hydrogen-bond acceptors (Lipinski definition) is 3. The molecule has 0 aromatic rings. The van der Waals surface area contributed by atoms with Gasteiger partial charge in [-0.2, -0.15) is 5.10 Å². The van der Waals surface area contributed by atoms with Crippen LogP contribution in [0.25, 0.3) is 0 Å². The number of hydrogen-bond donors (Lipinski definition) is 0. The maximum absolute atomic E-state index is 10.8. The Labute approximate surface area is 59.5 Å². The topological polar surface area (TPSA) is 41.9 Å². The molecule has 0 aromatic heterocycles. The third kappa shape index (κ3) is 1.54. The lowest BCUT2D eigenvalue weighted by Crippen LogP contribution is -2.24. The molecule has 4 heteroatoms. The number of rotatable bonds is 3. The fraction of sp³-hybridized carbons (Fsp3) is 0.667. The molecule has 0 N–H and O–H groups in total. The minimum Gasteiger partial charge on any atom is -0.383 e. The van der Waals surface area contributed by atoms with Gasteiger partial charge >= 0.3 is 0 Å². The first-order valence-electron chi connectivity index (χ1n) is 3.16. The van der Waals surface area contributed by atoms with Crippen LogP contribution in [0.2, 0.25) is 0 Å². The molecule has 0 aromatic carbocycles. The van der Waals surface area contributed by atoms with Gasteiger partial charge in [0.05, 0.1) is 19.6 Å². The Morgan fingerprint density at radius 3 is 3.20 bits per heavy atom. The lowest BCUT2D eigenvalue weighted by Gasteiger charge is -2.09. The molecular weight excluding hydrogens is 132 g/mol. The summed E-state index contributed by atoms with van der Waals surface area (Å²) < 4.78 is 4.78. The Balaban J connectivity index is 2.27. The Morgan fingerprint density at radius 2 is 2.70 bits per heavy atom. The molecular formula is C6H10N2O2. The number of amides is 1. The van der Waals surface area contributed by atoms with Crippen molar-refractivity contribution in [3.8, 4) is 0 Å². The Morgan fingerprint density at radius 1 is 1.90 bits per heavy atom. The van der Waals surface area contributed by atoms with Crippen LogP contribution in [-0.2, 0) is 9.53 Å². The average Bonchev–Trinajstić information content (AvgIpc) is 2.31. The summed E-state index contributed by atoms with van der Waals surface area (Å²) in [6.07, 6.45) is 2.04. The third-order valence-corrected chi connectivity index (χ3v) is 1.28.